The fourth-order valence-corrected chi connectivity index (χ4v) is 1.82. The molecule has 1 nitrogen and oxygen atoms in total. The lowest BCUT2D eigenvalue weighted by atomic mass is 10.1. The summed E-state index contributed by atoms with van der Waals surface area (Å²) in [5.74, 6) is 0. The van der Waals surface area contributed by atoms with Crippen LogP contribution in [0.15, 0.2) is 0 Å². The van der Waals surface area contributed by atoms with Gasteiger partial charge in [0.2, 0.25) is 0 Å². The second kappa shape index (κ2) is 2.54. The summed E-state index contributed by atoms with van der Waals surface area (Å²) in [6.45, 7) is 2.84. The Morgan fingerprint density at radius 2 is 2.00 bits per heavy atom. The van der Waals surface area contributed by atoms with Crippen LogP contribution in [0.4, 0.5) is 0 Å². The molecule has 1 unspecified atom stereocenters. The van der Waals surface area contributed by atoms with Crippen LogP contribution in [0.25, 0.3) is 0 Å². The van der Waals surface area contributed by atoms with Crippen LogP contribution >= 0.6 is 23.2 Å². The highest BCUT2D eigenvalue weighted by Crippen LogP contribution is 2.65. The SMILES string of the molecule is COCCC1(C)CC1(Cl)Cl. The van der Waals surface area contributed by atoms with Gasteiger partial charge in [-0.05, 0) is 12.8 Å². The molecular formula is C7H12Cl2O. The van der Waals surface area contributed by atoms with Crippen molar-refractivity contribution in [1.29, 1.82) is 0 Å². The van der Waals surface area contributed by atoms with Gasteiger partial charge in [0, 0.05) is 19.1 Å². The van der Waals surface area contributed by atoms with Gasteiger partial charge in [-0.3, -0.25) is 0 Å². The second-order valence-electron chi connectivity index (χ2n) is 3.18. The summed E-state index contributed by atoms with van der Waals surface area (Å²) in [6, 6.07) is 0. The molecule has 1 rings (SSSR count). The number of rotatable bonds is 3. The Hall–Kier alpha value is 0.540. The molecule has 0 aliphatic heterocycles. The first-order chi connectivity index (χ1) is 4.52. The Kier molecular flexibility index (Phi) is 2.20. The molecule has 1 aliphatic rings. The Balaban J connectivity index is 2.30. The van der Waals surface area contributed by atoms with Crippen molar-refractivity contribution in [2.75, 3.05) is 13.7 Å². The largest absolute Gasteiger partial charge is 0.385 e. The standard InChI is InChI=1S/C7H12Cl2O/c1-6(3-4-10-2)5-7(6,8)9/h3-5H2,1-2H3. The highest BCUT2D eigenvalue weighted by molar-refractivity contribution is 6.51. The molecule has 0 amide bonds. The van der Waals surface area contributed by atoms with E-state index in [1.54, 1.807) is 7.11 Å². The quantitative estimate of drug-likeness (QED) is 0.611. The normalized spacial score (nSPS) is 36.0. The molecule has 3 heteroatoms. The molecule has 1 saturated carbocycles. The van der Waals surface area contributed by atoms with Crippen molar-refractivity contribution in [3.8, 4) is 0 Å². The van der Waals surface area contributed by atoms with Crippen molar-refractivity contribution in [3.63, 3.8) is 0 Å². The Morgan fingerprint density at radius 1 is 1.50 bits per heavy atom. The molecule has 0 saturated heterocycles. The maximum Gasteiger partial charge on any atom is 0.124 e. The van der Waals surface area contributed by atoms with Crippen LogP contribution in [0.5, 0.6) is 0 Å². The van der Waals surface area contributed by atoms with Crippen molar-refractivity contribution in [1.82, 2.24) is 0 Å². The van der Waals surface area contributed by atoms with E-state index >= 15 is 0 Å². The minimum Gasteiger partial charge on any atom is -0.385 e. The topological polar surface area (TPSA) is 9.23 Å². The smallest absolute Gasteiger partial charge is 0.124 e. The zero-order valence-electron chi connectivity index (χ0n) is 6.29. The van der Waals surface area contributed by atoms with Crippen molar-refractivity contribution in [3.05, 3.63) is 0 Å². The summed E-state index contributed by atoms with van der Waals surface area (Å²) in [7, 11) is 1.69. The van der Waals surface area contributed by atoms with Crippen molar-refractivity contribution in [2.24, 2.45) is 5.41 Å². The third-order valence-corrected chi connectivity index (χ3v) is 3.41. The molecule has 0 aromatic heterocycles. The fraction of sp³-hybridized carbons (Fsp3) is 1.00. The number of ether oxygens (including phenoxy) is 1. The molecular weight excluding hydrogens is 171 g/mol. The molecule has 0 spiro atoms. The predicted octanol–water partition coefficient (Wildman–Crippen LogP) is 2.61. The van der Waals surface area contributed by atoms with Crippen LogP contribution in [0.1, 0.15) is 19.8 Å². The van der Waals surface area contributed by atoms with Crippen LogP contribution in [-0.2, 0) is 4.74 Å². The lowest BCUT2D eigenvalue weighted by molar-refractivity contribution is 0.175. The molecule has 0 bridgehead atoms. The highest BCUT2D eigenvalue weighted by Gasteiger charge is 2.62. The number of hydrogen-bond acceptors (Lipinski definition) is 1. The Labute approximate surface area is 71.6 Å². The predicted molar refractivity (Wildman–Crippen MR) is 43.7 cm³/mol. The summed E-state index contributed by atoms with van der Waals surface area (Å²) in [6.07, 6.45) is 1.85. The van der Waals surface area contributed by atoms with Gasteiger partial charge < -0.3 is 4.74 Å². The first-order valence-electron chi connectivity index (χ1n) is 3.39. The maximum atomic E-state index is 5.89. The first kappa shape index (κ1) is 8.63. The number of halogens is 2. The minimum absolute atomic E-state index is 0.103. The van der Waals surface area contributed by atoms with Crippen LogP contribution in [0.3, 0.4) is 0 Å². The summed E-state index contributed by atoms with van der Waals surface area (Å²) in [4.78, 5) is 0. The molecule has 0 heterocycles. The van der Waals surface area contributed by atoms with Crippen LogP contribution in [0, 0.1) is 5.41 Å². The van der Waals surface area contributed by atoms with Crippen molar-refractivity contribution >= 4 is 23.2 Å². The molecule has 0 aromatic rings. The minimum atomic E-state index is -0.481. The third-order valence-electron chi connectivity index (χ3n) is 2.23. The number of hydrogen-bond donors (Lipinski definition) is 0. The van der Waals surface area contributed by atoms with Gasteiger partial charge in [-0.25, -0.2) is 0 Å². The molecule has 1 atom stereocenters. The van der Waals surface area contributed by atoms with Crippen molar-refractivity contribution in [2.45, 2.75) is 24.1 Å². The van der Waals surface area contributed by atoms with Crippen molar-refractivity contribution < 1.29 is 4.74 Å². The number of methoxy groups -OCH3 is 1. The second-order valence-corrected chi connectivity index (χ2v) is 4.67. The number of alkyl halides is 2. The summed E-state index contributed by atoms with van der Waals surface area (Å²) in [5, 5.41) is 0. The van der Waals surface area contributed by atoms with E-state index in [4.69, 9.17) is 27.9 Å². The maximum absolute atomic E-state index is 5.89. The van der Waals surface area contributed by atoms with Gasteiger partial charge in [0.15, 0.2) is 0 Å². The molecule has 10 heavy (non-hydrogen) atoms. The highest BCUT2D eigenvalue weighted by atomic mass is 35.5. The summed E-state index contributed by atoms with van der Waals surface area (Å²) >= 11 is 11.8. The van der Waals surface area contributed by atoms with Crippen LogP contribution < -0.4 is 0 Å². The molecule has 0 aromatic carbocycles. The van der Waals surface area contributed by atoms with Gasteiger partial charge in [0.05, 0.1) is 0 Å². The van der Waals surface area contributed by atoms with E-state index in [9.17, 15) is 0 Å². The van der Waals surface area contributed by atoms with E-state index in [2.05, 4.69) is 6.92 Å². The van der Waals surface area contributed by atoms with E-state index in [1.807, 2.05) is 0 Å². The van der Waals surface area contributed by atoms with Gasteiger partial charge >= 0.3 is 0 Å². The zero-order valence-corrected chi connectivity index (χ0v) is 7.80. The zero-order chi connectivity index (χ0) is 7.83. The van der Waals surface area contributed by atoms with Gasteiger partial charge in [0.1, 0.15) is 4.33 Å². The van der Waals surface area contributed by atoms with E-state index in [1.165, 1.54) is 0 Å². The van der Waals surface area contributed by atoms with Gasteiger partial charge in [0.25, 0.3) is 0 Å². The average molecular weight is 183 g/mol. The van der Waals surface area contributed by atoms with E-state index in [0.717, 1.165) is 19.4 Å². The molecule has 1 fully saturated rings. The van der Waals surface area contributed by atoms with Crippen LogP contribution in [-0.4, -0.2) is 18.1 Å². The first-order valence-corrected chi connectivity index (χ1v) is 4.14. The third kappa shape index (κ3) is 1.41. The molecule has 60 valence electrons. The van der Waals surface area contributed by atoms with E-state index in [-0.39, 0.29) is 5.41 Å². The Morgan fingerprint density at radius 3 is 2.30 bits per heavy atom. The lowest BCUT2D eigenvalue weighted by Crippen LogP contribution is -2.07. The monoisotopic (exact) mass is 182 g/mol. The van der Waals surface area contributed by atoms with Gasteiger partial charge in [-0.15, -0.1) is 23.2 Å². The van der Waals surface area contributed by atoms with E-state index < -0.39 is 4.33 Å². The summed E-state index contributed by atoms with van der Waals surface area (Å²) in [5.41, 5.74) is 0.103. The van der Waals surface area contributed by atoms with Gasteiger partial charge in [-0.1, -0.05) is 6.92 Å². The van der Waals surface area contributed by atoms with E-state index in [0.29, 0.717) is 0 Å². The molecule has 1 aliphatic carbocycles. The van der Waals surface area contributed by atoms with Crippen LogP contribution in [0.2, 0.25) is 0 Å². The molecule has 0 N–H and O–H groups in total. The molecule has 0 radical (unpaired) electrons. The Bertz CT molecular complexity index is 136. The van der Waals surface area contributed by atoms with Gasteiger partial charge in [-0.2, -0.15) is 0 Å². The summed E-state index contributed by atoms with van der Waals surface area (Å²) < 4.78 is 4.45. The average Bonchev–Trinajstić information content (AvgIpc) is 2.29. The lowest BCUT2D eigenvalue weighted by Gasteiger charge is -2.09. The fourth-order valence-electron chi connectivity index (χ4n) is 1.04.